The average Bonchev–Trinajstić information content (AvgIpc) is 2.89. The first-order valence-electron chi connectivity index (χ1n) is 7.94. The van der Waals surface area contributed by atoms with Crippen molar-refractivity contribution in [2.75, 3.05) is 5.32 Å². The van der Waals surface area contributed by atoms with Crippen LogP contribution in [0.25, 0.3) is 10.2 Å². The molecule has 1 amide bonds. The van der Waals surface area contributed by atoms with Gasteiger partial charge in [-0.15, -0.1) is 11.3 Å². The Labute approximate surface area is 163 Å². The van der Waals surface area contributed by atoms with E-state index in [-0.39, 0.29) is 28.6 Å². The van der Waals surface area contributed by atoms with Gasteiger partial charge in [-0.2, -0.15) is 0 Å². The Hall–Kier alpha value is -2.85. The Morgan fingerprint density at radius 2 is 2.04 bits per heavy atom. The van der Waals surface area contributed by atoms with Crippen molar-refractivity contribution in [1.82, 2.24) is 20.8 Å². The van der Waals surface area contributed by atoms with E-state index in [1.54, 1.807) is 12.1 Å². The molecule has 2 aromatic heterocycles. The van der Waals surface area contributed by atoms with Gasteiger partial charge in [0.15, 0.2) is 5.11 Å². The van der Waals surface area contributed by atoms with Gasteiger partial charge >= 0.3 is 0 Å². The first kappa shape index (κ1) is 18.9. The van der Waals surface area contributed by atoms with Gasteiger partial charge in [-0.1, -0.05) is 12.1 Å². The SMILES string of the molecule is Cc1sc2nc(CC(=O)NNC(=S)Nc3ccccc3F)[nH]c(=O)c2c1C. The van der Waals surface area contributed by atoms with Gasteiger partial charge in [0.25, 0.3) is 5.56 Å². The van der Waals surface area contributed by atoms with E-state index in [1.807, 2.05) is 13.8 Å². The predicted octanol–water partition coefficient (Wildman–Crippen LogP) is 2.30. The number of hydrazine groups is 1. The van der Waals surface area contributed by atoms with E-state index >= 15 is 0 Å². The molecule has 10 heteroatoms. The van der Waals surface area contributed by atoms with Gasteiger partial charge in [-0.3, -0.25) is 20.4 Å². The highest BCUT2D eigenvalue weighted by Gasteiger charge is 2.14. The lowest BCUT2D eigenvalue weighted by atomic mass is 10.2. The number of hydrogen-bond acceptors (Lipinski definition) is 5. The second-order valence-electron chi connectivity index (χ2n) is 5.76. The molecular formula is C17H16FN5O2S2. The maximum Gasteiger partial charge on any atom is 0.259 e. The fourth-order valence-electron chi connectivity index (χ4n) is 2.42. The van der Waals surface area contributed by atoms with Crippen LogP contribution in [0.2, 0.25) is 0 Å². The number of H-pyrrole nitrogens is 1. The number of nitrogens with zero attached hydrogens (tertiary/aromatic N) is 1. The molecule has 1 aromatic carbocycles. The number of benzene rings is 1. The second-order valence-corrected chi connectivity index (χ2v) is 7.37. The molecule has 140 valence electrons. The molecule has 0 atom stereocenters. The molecule has 0 aliphatic rings. The Morgan fingerprint density at radius 3 is 2.78 bits per heavy atom. The summed E-state index contributed by atoms with van der Waals surface area (Å²) in [7, 11) is 0. The van der Waals surface area contributed by atoms with E-state index in [0.717, 1.165) is 10.4 Å². The molecule has 0 unspecified atom stereocenters. The number of aryl methyl sites for hydroxylation is 2. The van der Waals surface area contributed by atoms with Gasteiger partial charge in [-0.05, 0) is 43.8 Å². The summed E-state index contributed by atoms with van der Waals surface area (Å²) in [5.41, 5.74) is 5.67. The molecule has 0 saturated carbocycles. The van der Waals surface area contributed by atoms with Crippen LogP contribution in [0.5, 0.6) is 0 Å². The first-order chi connectivity index (χ1) is 12.8. The third-order valence-corrected chi connectivity index (χ3v) is 5.16. The van der Waals surface area contributed by atoms with Crippen LogP contribution in [0.3, 0.4) is 0 Å². The molecule has 27 heavy (non-hydrogen) atoms. The van der Waals surface area contributed by atoms with Crippen LogP contribution in [0.15, 0.2) is 29.1 Å². The zero-order valence-electron chi connectivity index (χ0n) is 14.5. The molecule has 0 bridgehead atoms. The van der Waals surface area contributed by atoms with Crippen molar-refractivity contribution in [3.63, 3.8) is 0 Å². The number of amides is 1. The lowest BCUT2D eigenvalue weighted by Gasteiger charge is -2.11. The molecule has 0 radical (unpaired) electrons. The number of carbonyl (C=O) groups excluding carboxylic acids is 1. The van der Waals surface area contributed by atoms with Crippen LogP contribution >= 0.6 is 23.6 Å². The van der Waals surface area contributed by atoms with E-state index in [9.17, 15) is 14.0 Å². The van der Waals surface area contributed by atoms with E-state index in [0.29, 0.717) is 10.2 Å². The number of thiophene rings is 1. The average molecular weight is 405 g/mol. The maximum absolute atomic E-state index is 13.6. The van der Waals surface area contributed by atoms with E-state index in [1.165, 1.54) is 23.5 Å². The fourth-order valence-corrected chi connectivity index (χ4v) is 3.63. The summed E-state index contributed by atoms with van der Waals surface area (Å²) >= 11 is 6.41. The summed E-state index contributed by atoms with van der Waals surface area (Å²) in [6, 6.07) is 6.01. The van der Waals surface area contributed by atoms with Crippen molar-refractivity contribution < 1.29 is 9.18 Å². The number of carbonyl (C=O) groups is 1. The molecule has 0 aliphatic heterocycles. The lowest BCUT2D eigenvalue weighted by molar-refractivity contribution is -0.121. The van der Waals surface area contributed by atoms with Crippen LogP contribution in [0.1, 0.15) is 16.3 Å². The van der Waals surface area contributed by atoms with Crippen molar-refractivity contribution >= 4 is 50.5 Å². The largest absolute Gasteiger partial charge is 0.329 e. The summed E-state index contributed by atoms with van der Waals surface area (Å²) in [5.74, 6) is -0.675. The molecule has 7 nitrogen and oxygen atoms in total. The van der Waals surface area contributed by atoms with Crippen LogP contribution < -0.4 is 21.7 Å². The quantitative estimate of drug-likeness (QED) is 0.394. The molecular weight excluding hydrogens is 389 g/mol. The number of para-hydroxylation sites is 1. The monoisotopic (exact) mass is 405 g/mol. The highest BCUT2D eigenvalue weighted by atomic mass is 32.1. The summed E-state index contributed by atoms with van der Waals surface area (Å²) in [4.78, 5) is 32.8. The summed E-state index contributed by atoms with van der Waals surface area (Å²) < 4.78 is 13.6. The van der Waals surface area contributed by atoms with Gasteiger partial charge in [0.2, 0.25) is 5.91 Å². The van der Waals surface area contributed by atoms with Gasteiger partial charge in [0, 0.05) is 4.88 Å². The topological polar surface area (TPSA) is 98.9 Å². The summed E-state index contributed by atoms with van der Waals surface area (Å²) in [5, 5.41) is 3.20. The van der Waals surface area contributed by atoms with Crippen molar-refractivity contribution in [2.45, 2.75) is 20.3 Å². The zero-order chi connectivity index (χ0) is 19.6. The number of thiocarbonyl (C=S) groups is 1. The smallest absolute Gasteiger partial charge is 0.259 e. The Bertz CT molecular complexity index is 1090. The van der Waals surface area contributed by atoms with Crippen molar-refractivity contribution in [3.05, 3.63) is 56.7 Å². The normalized spacial score (nSPS) is 10.6. The summed E-state index contributed by atoms with van der Waals surface area (Å²) in [6.45, 7) is 3.78. The van der Waals surface area contributed by atoms with Crippen LogP contribution in [-0.4, -0.2) is 21.0 Å². The number of hydrogen-bond donors (Lipinski definition) is 4. The molecule has 3 aromatic rings. The third kappa shape index (κ3) is 4.29. The first-order valence-corrected chi connectivity index (χ1v) is 9.17. The third-order valence-electron chi connectivity index (χ3n) is 3.85. The molecule has 0 aliphatic carbocycles. The van der Waals surface area contributed by atoms with Crippen LogP contribution in [-0.2, 0) is 11.2 Å². The number of anilines is 1. The van der Waals surface area contributed by atoms with Gasteiger partial charge in [-0.25, -0.2) is 9.37 Å². The molecule has 0 saturated heterocycles. The predicted molar refractivity (Wildman–Crippen MR) is 107 cm³/mol. The molecule has 0 fully saturated rings. The molecule has 4 N–H and O–H groups in total. The number of aromatic nitrogens is 2. The minimum atomic E-state index is -0.468. The van der Waals surface area contributed by atoms with E-state index in [2.05, 4.69) is 26.1 Å². The Balaban J connectivity index is 1.61. The molecule has 2 heterocycles. The standard InChI is InChI=1S/C17H16FN5O2S2/c1-8-9(2)27-16-14(8)15(25)20-12(21-16)7-13(24)22-23-17(26)19-11-6-4-3-5-10(11)18/h3-6H,7H2,1-2H3,(H,22,24)(H2,19,23,26)(H,20,21,25). The maximum atomic E-state index is 13.6. The van der Waals surface area contributed by atoms with Gasteiger partial charge < -0.3 is 10.3 Å². The van der Waals surface area contributed by atoms with Gasteiger partial charge in [0.1, 0.15) is 16.5 Å². The second kappa shape index (κ2) is 7.80. The van der Waals surface area contributed by atoms with Crippen LogP contribution in [0, 0.1) is 19.7 Å². The number of aromatic amines is 1. The van der Waals surface area contributed by atoms with Crippen molar-refractivity contribution in [3.8, 4) is 0 Å². The lowest BCUT2D eigenvalue weighted by Crippen LogP contribution is -2.44. The van der Waals surface area contributed by atoms with Crippen molar-refractivity contribution in [1.29, 1.82) is 0 Å². The highest BCUT2D eigenvalue weighted by molar-refractivity contribution is 7.80. The van der Waals surface area contributed by atoms with E-state index in [4.69, 9.17) is 12.2 Å². The highest BCUT2D eigenvalue weighted by Crippen LogP contribution is 2.25. The van der Waals surface area contributed by atoms with Crippen molar-refractivity contribution in [2.24, 2.45) is 0 Å². The number of halogens is 1. The number of fused-ring (bicyclic) bond motifs is 1. The van der Waals surface area contributed by atoms with Crippen LogP contribution in [0.4, 0.5) is 10.1 Å². The summed E-state index contributed by atoms with van der Waals surface area (Å²) in [6.07, 6.45) is -0.142. The Kier molecular flexibility index (Phi) is 5.47. The number of rotatable bonds is 3. The minimum Gasteiger partial charge on any atom is -0.329 e. The zero-order valence-corrected chi connectivity index (χ0v) is 16.1. The molecule has 0 spiro atoms. The minimum absolute atomic E-state index is 0.0230. The Morgan fingerprint density at radius 1 is 1.30 bits per heavy atom. The van der Waals surface area contributed by atoms with Gasteiger partial charge in [0.05, 0.1) is 17.5 Å². The fraction of sp³-hybridized carbons (Fsp3) is 0.176. The number of nitrogens with one attached hydrogen (secondary N) is 4. The molecule has 3 rings (SSSR count). The van der Waals surface area contributed by atoms with E-state index < -0.39 is 11.7 Å².